The molecule has 0 bridgehead atoms. The van der Waals surface area contributed by atoms with Crippen molar-refractivity contribution >= 4 is 10.0 Å². The zero-order valence-corrected chi connectivity index (χ0v) is 14.1. The van der Waals surface area contributed by atoms with Gasteiger partial charge in [0, 0.05) is 25.2 Å². The molecule has 2 unspecified atom stereocenters. The first-order valence-electron chi connectivity index (χ1n) is 7.14. The van der Waals surface area contributed by atoms with Gasteiger partial charge in [-0.25, -0.2) is 8.42 Å². The lowest BCUT2D eigenvalue weighted by atomic mass is 10.1. The molecule has 1 aliphatic heterocycles. The third-order valence-electron chi connectivity index (χ3n) is 4.33. The fourth-order valence-electron chi connectivity index (χ4n) is 2.73. The van der Waals surface area contributed by atoms with Crippen molar-refractivity contribution in [3.63, 3.8) is 0 Å². The largest absolute Gasteiger partial charge is 0.497 e. The van der Waals surface area contributed by atoms with Crippen LogP contribution in [0.4, 0.5) is 0 Å². The Labute approximate surface area is 127 Å². The van der Waals surface area contributed by atoms with Crippen molar-refractivity contribution in [1.82, 2.24) is 9.21 Å². The third-order valence-corrected chi connectivity index (χ3v) is 6.32. The minimum Gasteiger partial charge on any atom is -0.497 e. The number of benzene rings is 1. The molecule has 0 spiro atoms. The van der Waals surface area contributed by atoms with Gasteiger partial charge in [0.15, 0.2) is 0 Å². The minimum atomic E-state index is -3.46. The highest BCUT2D eigenvalue weighted by Crippen LogP contribution is 2.26. The Kier molecular flexibility index (Phi) is 4.60. The molecule has 5 nitrogen and oxygen atoms in total. The summed E-state index contributed by atoms with van der Waals surface area (Å²) < 4.78 is 32.5. The number of hydrogen-bond donors (Lipinski definition) is 0. The van der Waals surface area contributed by atoms with Gasteiger partial charge < -0.3 is 4.74 Å². The number of sulfonamides is 1. The van der Waals surface area contributed by atoms with E-state index in [1.807, 2.05) is 7.05 Å². The molecule has 1 heterocycles. The summed E-state index contributed by atoms with van der Waals surface area (Å²) in [6.07, 6.45) is 0. The molecule has 2 rings (SSSR count). The van der Waals surface area contributed by atoms with Crippen molar-refractivity contribution in [1.29, 1.82) is 0 Å². The molecular weight excluding hydrogens is 288 g/mol. The van der Waals surface area contributed by atoms with Gasteiger partial charge in [-0.3, -0.25) is 4.90 Å². The summed E-state index contributed by atoms with van der Waals surface area (Å²) in [6.45, 7) is 6.96. The van der Waals surface area contributed by atoms with E-state index in [9.17, 15) is 8.42 Å². The summed E-state index contributed by atoms with van der Waals surface area (Å²) >= 11 is 0. The van der Waals surface area contributed by atoms with Crippen LogP contribution in [0.5, 0.6) is 5.75 Å². The predicted molar refractivity (Wildman–Crippen MR) is 83.2 cm³/mol. The number of aryl methyl sites for hydroxylation is 1. The van der Waals surface area contributed by atoms with Crippen molar-refractivity contribution < 1.29 is 13.2 Å². The first kappa shape index (κ1) is 16.3. The molecule has 1 aliphatic rings. The highest BCUT2D eigenvalue weighted by Gasteiger charge is 2.35. The normalized spacial score (nSPS) is 25.0. The molecule has 0 radical (unpaired) electrons. The Balaban J connectivity index is 2.34. The Morgan fingerprint density at radius 1 is 1.19 bits per heavy atom. The van der Waals surface area contributed by atoms with Crippen LogP contribution >= 0.6 is 0 Å². The average Bonchev–Trinajstić information content (AvgIpc) is 2.43. The van der Waals surface area contributed by atoms with Crippen molar-refractivity contribution in [2.75, 3.05) is 27.2 Å². The molecule has 0 saturated carbocycles. The van der Waals surface area contributed by atoms with E-state index in [0.717, 1.165) is 0 Å². The highest BCUT2D eigenvalue weighted by atomic mass is 32.2. The Bertz CT molecular complexity index is 603. The fraction of sp³-hybridized carbons (Fsp3) is 0.600. The summed E-state index contributed by atoms with van der Waals surface area (Å²) in [7, 11) is 0.160. The van der Waals surface area contributed by atoms with Gasteiger partial charge in [-0.1, -0.05) is 0 Å². The second-order valence-corrected chi connectivity index (χ2v) is 7.72. The van der Waals surface area contributed by atoms with E-state index in [0.29, 0.717) is 29.3 Å². The predicted octanol–water partition coefficient (Wildman–Crippen LogP) is 1.72. The molecule has 118 valence electrons. The second kappa shape index (κ2) is 5.94. The van der Waals surface area contributed by atoms with Gasteiger partial charge in [-0.05, 0) is 51.6 Å². The quantitative estimate of drug-likeness (QED) is 0.853. The minimum absolute atomic E-state index is 0.210. The Morgan fingerprint density at radius 2 is 1.76 bits per heavy atom. The fourth-order valence-corrected chi connectivity index (χ4v) is 4.54. The number of ether oxygens (including phenoxy) is 1. The number of rotatable bonds is 3. The number of hydrogen-bond acceptors (Lipinski definition) is 4. The second-order valence-electron chi connectivity index (χ2n) is 5.82. The maximum Gasteiger partial charge on any atom is 0.243 e. The summed E-state index contributed by atoms with van der Waals surface area (Å²) in [5, 5.41) is 0. The number of methoxy groups -OCH3 is 1. The molecule has 1 aromatic carbocycles. The molecule has 21 heavy (non-hydrogen) atoms. The van der Waals surface area contributed by atoms with Gasteiger partial charge in [0.2, 0.25) is 10.0 Å². The van der Waals surface area contributed by atoms with Gasteiger partial charge in [-0.2, -0.15) is 4.31 Å². The molecule has 0 N–H and O–H groups in total. The number of piperazine rings is 1. The maximum atomic E-state index is 12.9. The monoisotopic (exact) mass is 312 g/mol. The van der Waals surface area contributed by atoms with Crippen LogP contribution in [-0.4, -0.2) is 57.0 Å². The van der Waals surface area contributed by atoms with Crippen molar-refractivity contribution in [2.24, 2.45) is 0 Å². The van der Waals surface area contributed by atoms with Crippen LogP contribution in [0.15, 0.2) is 23.1 Å². The van der Waals surface area contributed by atoms with E-state index in [-0.39, 0.29) is 12.1 Å². The van der Waals surface area contributed by atoms with E-state index in [2.05, 4.69) is 18.7 Å². The molecule has 0 aromatic heterocycles. The summed E-state index contributed by atoms with van der Waals surface area (Å²) in [4.78, 5) is 2.58. The van der Waals surface area contributed by atoms with Crippen LogP contribution < -0.4 is 4.74 Å². The van der Waals surface area contributed by atoms with Crippen molar-refractivity contribution in [3.05, 3.63) is 23.8 Å². The van der Waals surface area contributed by atoms with E-state index >= 15 is 0 Å². The van der Waals surface area contributed by atoms with Crippen molar-refractivity contribution in [2.45, 2.75) is 37.8 Å². The summed E-state index contributed by atoms with van der Waals surface area (Å²) in [5.74, 6) is 0.673. The van der Waals surface area contributed by atoms with Crippen LogP contribution in [0.1, 0.15) is 19.4 Å². The van der Waals surface area contributed by atoms with Gasteiger partial charge in [0.05, 0.1) is 12.0 Å². The number of nitrogens with zero attached hydrogens (tertiary/aromatic N) is 2. The summed E-state index contributed by atoms with van der Waals surface area (Å²) in [5.41, 5.74) is 0.716. The smallest absolute Gasteiger partial charge is 0.243 e. The van der Waals surface area contributed by atoms with E-state index in [1.165, 1.54) is 0 Å². The molecular formula is C15H24N2O3S. The highest BCUT2D eigenvalue weighted by molar-refractivity contribution is 7.89. The lowest BCUT2D eigenvalue weighted by Crippen LogP contribution is -2.56. The number of likely N-dealkylation sites (N-methyl/N-ethyl adjacent to an activating group) is 1. The topological polar surface area (TPSA) is 49.9 Å². The zero-order valence-electron chi connectivity index (χ0n) is 13.3. The van der Waals surface area contributed by atoms with E-state index < -0.39 is 10.0 Å². The molecule has 1 aromatic rings. The van der Waals surface area contributed by atoms with Crippen LogP contribution in [0, 0.1) is 6.92 Å². The van der Waals surface area contributed by atoms with Gasteiger partial charge in [0.25, 0.3) is 0 Å². The third kappa shape index (κ3) is 3.07. The van der Waals surface area contributed by atoms with Gasteiger partial charge in [0.1, 0.15) is 5.75 Å². The Morgan fingerprint density at radius 3 is 2.24 bits per heavy atom. The van der Waals surface area contributed by atoms with Crippen molar-refractivity contribution in [3.8, 4) is 5.75 Å². The molecule has 2 atom stereocenters. The van der Waals surface area contributed by atoms with Crippen LogP contribution in [-0.2, 0) is 10.0 Å². The first-order chi connectivity index (χ1) is 9.77. The SMILES string of the molecule is COc1ccc(S(=O)(=O)N2CC(C)N(C)C(C)C2)c(C)c1. The van der Waals surface area contributed by atoms with E-state index in [4.69, 9.17) is 4.74 Å². The molecule has 0 amide bonds. The van der Waals surface area contributed by atoms with Gasteiger partial charge >= 0.3 is 0 Å². The van der Waals surface area contributed by atoms with Gasteiger partial charge in [-0.15, -0.1) is 0 Å². The summed E-state index contributed by atoms with van der Waals surface area (Å²) in [6, 6.07) is 5.51. The van der Waals surface area contributed by atoms with Crippen LogP contribution in [0.25, 0.3) is 0 Å². The molecule has 0 aliphatic carbocycles. The average molecular weight is 312 g/mol. The zero-order chi connectivity index (χ0) is 15.8. The lowest BCUT2D eigenvalue weighted by molar-refractivity contribution is 0.105. The molecule has 1 fully saturated rings. The lowest BCUT2D eigenvalue weighted by Gasteiger charge is -2.41. The molecule has 1 saturated heterocycles. The molecule has 6 heteroatoms. The maximum absolute atomic E-state index is 12.9. The van der Waals surface area contributed by atoms with Crippen LogP contribution in [0.2, 0.25) is 0 Å². The van der Waals surface area contributed by atoms with E-state index in [1.54, 1.807) is 36.5 Å². The van der Waals surface area contributed by atoms with Crippen LogP contribution in [0.3, 0.4) is 0 Å². The standard InChI is InChI=1S/C15H24N2O3S/c1-11-8-14(20-5)6-7-15(11)21(18,19)17-9-12(2)16(4)13(3)10-17/h6-8,12-13H,9-10H2,1-5H3. The Hall–Kier alpha value is -1.11. The first-order valence-corrected chi connectivity index (χ1v) is 8.58.